The van der Waals surface area contributed by atoms with E-state index in [1.165, 1.54) is 25.7 Å². The van der Waals surface area contributed by atoms with Gasteiger partial charge in [-0.25, -0.2) is 9.59 Å². The van der Waals surface area contributed by atoms with Crippen molar-refractivity contribution in [2.24, 2.45) is 0 Å². The Morgan fingerprint density at radius 1 is 1.03 bits per heavy atom. The van der Waals surface area contributed by atoms with Crippen LogP contribution in [-0.4, -0.2) is 57.3 Å². The number of aromatic nitrogens is 2. The van der Waals surface area contributed by atoms with Crippen molar-refractivity contribution >= 4 is 5.97 Å². The minimum atomic E-state index is -1.45. The van der Waals surface area contributed by atoms with Crippen molar-refractivity contribution < 1.29 is 29.2 Å². The fourth-order valence-electron chi connectivity index (χ4n) is 3.73. The Morgan fingerprint density at radius 3 is 2.44 bits per heavy atom. The van der Waals surface area contributed by atoms with Gasteiger partial charge in [-0.1, -0.05) is 39.0 Å². The lowest BCUT2D eigenvalue weighted by Gasteiger charge is -2.16. The van der Waals surface area contributed by atoms with Gasteiger partial charge in [0.25, 0.3) is 5.56 Å². The summed E-state index contributed by atoms with van der Waals surface area (Å²) in [6.45, 7) is 2.48. The highest BCUT2D eigenvalue weighted by atomic mass is 16.6. The van der Waals surface area contributed by atoms with Gasteiger partial charge < -0.3 is 24.4 Å². The molecule has 2 aromatic rings. The van der Waals surface area contributed by atoms with E-state index in [1.54, 1.807) is 24.3 Å². The molecule has 10 heteroatoms. The van der Waals surface area contributed by atoms with E-state index in [0.29, 0.717) is 17.9 Å². The average molecular weight is 477 g/mol. The topological polar surface area (TPSA) is 140 Å². The van der Waals surface area contributed by atoms with Crippen LogP contribution in [0.5, 0.6) is 5.75 Å². The van der Waals surface area contributed by atoms with Crippen LogP contribution in [0.4, 0.5) is 0 Å². The third-order valence-electron chi connectivity index (χ3n) is 5.70. The number of esters is 1. The standard InChI is InChI=1S/C24H32N2O8/c1-2-3-4-5-6-7-14-32-17-10-8-16(9-11-17)23(30)33-15-18-20(28)21(29)22(34-18)26-13-12-19(27)25-24(26)31/h8-13,18,20-22,28-29H,2-7,14-15H2,1H3,(H,25,27,31)/t18-,20-,21-,22-/m1/s1. The summed E-state index contributed by atoms with van der Waals surface area (Å²) >= 11 is 0. The number of hydrogen-bond donors (Lipinski definition) is 3. The summed E-state index contributed by atoms with van der Waals surface area (Å²) < 4.78 is 17.4. The van der Waals surface area contributed by atoms with E-state index in [2.05, 4.69) is 11.9 Å². The number of ether oxygens (including phenoxy) is 3. The van der Waals surface area contributed by atoms with E-state index in [-0.39, 0.29) is 6.61 Å². The van der Waals surface area contributed by atoms with Gasteiger partial charge in [0.1, 0.15) is 30.7 Å². The number of unbranched alkanes of at least 4 members (excludes halogenated alkanes) is 5. The second-order valence-corrected chi connectivity index (χ2v) is 8.30. The zero-order chi connectivity index (χ0) is 24.5. The summed E-state index contributed by atoms with van der Waals surface area (Å²) in [5.41, 5.74) is -1.09. The van der Waals surface area contributed by atoms with Gasteiger partial charge in [0.2, 0.25) is 0 Å². The van der Waals surface area contributed by atoms with Crippen molar-refractivity contribution in [1.29, 1.82) is 0 Å². The zero-order valence-corrected chi connectivity index (χ0v) is 19.2. The molecule has 1 fully saturated rings. The third-order valence-corrected chi connectivity index (χ3v) is 5.70. The van der Waals surface area contributed by atoms with Crippen molar-refractivity contribution in [3.05, 3.63) is 62.9 Å². The fraction of sp³-hybridized carbons (Fsp3) is 0.542. The molecular weight excluding hydrogens is 444 g/mol. The van der Waals surface area contributed by atoms with Crippen molar-refractivity contribution in [3.63, 3.8) is 0 Å². The first kappa shape index (κ1) is 25.7. The molecule has 4 atom stereocenters. The number of nitrogens with zero attached hydrogens (tertiary/aromatic N) is 1. The molecule has 0 saturated carbocycles. The van der Waals surface area contributed by atoms with E-state index < -0.39 is 41.8 Å². The molecule has 1 aliphatic heterocycles. The van der Waals surface area contributed by atoms with Gasteiger partial charge >= 0.3 is 11.7 Å². The summed E-state index contributed by atoms with van der Waals surface area (Å²) in [7, 11) is 0. The minimum absolute atomic E-state index is 0.299. The van der Waals surface area contributed by atoms with Crippen molar-refractivity contribution in [1.82, 2.24) is 9.55 Å². The molecule has 0 unspecified atom stereocenters. The third kappa shape index (κ3) is 6.78. The van der Waals surface area contributed by atoms with Crippen molar-refractivity contribution in [3.8, 4) is 5.75 Å². The lowest BCUT2D eigenvalue weighted by atomic mass is 10.1. The number of hydrogen-bond acceptors (Lipinski definition) is 8. The van der Waals surface area contributed by atoms with Crippen LogP contribution in [0.1, 0.15) is 62.0 Å². The van der Waals surface area contributed by atoms with Gasteiger partial charge in [0.05, 0.1) is 12.2 Å². The molecule has 0 aliphatic carbocycles. The maximum Gasteiger partial charge on any atom is 0.338 e. The van der Waals surface area contributed by atoms with E-state index in [1.807, 2.05) is 0 Å². The number of carbonyl (C=O) groups is 1. The molecule has 2 heterocycles. The summed E-state index contributed by atoms with van der Waals surface area (Å²) in [5.74, 6) is 0.0365. The van der Waals surface area contributed by atoms with Gasteiger partial charge in [0, 0.05) is 12.3 Å². The first-order valence-electron chi connectivity index (χ1n) is 11.6. The molecule has 1 aromatic carbocycles. The molecule has 186 valence electrons. The van der Waals surface area contributed by atoms with E-state index >= 15 is 0 Å². The number of aliphatic hydroxyl groups is 2. The Kier molecular flexibility index (Phi) is 9.43. The Hall–Kier alpha value is -2.95. The van der Waals surface area contributed by atoms with Crippen LogP contribution in [0.3, 0.4) is 0 Å². The Balaban J connectivity index is 1.46. The maximum absolute atomic E-state index is 12.4. The van der Waals surface area contributed by atoms with E-state index in [0.717, 1.165) is 29.7 Å². The number of aromatic amines is 1. The molecule has 1 aromatic heterocycles. The quantitative estimate of drug-likeness (QED) is 0.311. The highest BCUT2D eigenvalue weighted by molar-refractivity contribution is 5.89. The van der Waals surface area contributed by atoms with Crippen LogP contribution in [0.25, 0.3) is 0 Å². The van der Waals surface area contributed by atoms with Crippen LogP contribution in [-0.2, 0) is 9.47 Å². The zero-order valence-electron chi connectivity index (χ0n) is 19.2. The number of nitrogens with one attached hydrogen (secondary N) is 1. The lowest BCUT2D eigenvalue weighted by molar-refractivity contribution is -0.0599. The second-order valence-electron chi connectivity index (χ2n) is 8.30. The normalized spacial score (nSPS) is 22.0. The molecule has 0 amide bonds. The van der Waals surface area contributed by atoms with Gasteiger partial charge in [0.15, 0.2) is 6.23 Å². The van der Waals surface area contributed by atoms with Gasteiger partial charge in [-0.2, -0.15) is 0 Å². The molecular formula is C24H32N2O8. The highest BCUT2D eigenvalue weighted by Crippen LogP contribution is 2.28. The Morgan fingerprint density at radius 2 is 1.74 bits per heavy atom. The Labute approximate surface area is 197 Å². The summed E-state index contributed by atoms with van der Waals surface area (Å²) in [5, 5.41) is 20.5. The number of rotatable bonds is 12. The SMILES string of the molecule is CCCCCCCCOc1ccc(C(=O)OC[C@H]2O[C@@H](n3ccc(=O)[nH]c3=O)[C@H](O)[C@@H]2O)cc1. The molecule has 34 heavy (non-hydrogen) atoms. The van der Waals surface area contributed by atoms with Gasteiger partial charge in [-0.15, -0.1) is 0 Å². The molecule has 10 nitrogen and oxygen atoms in total. The first-order valence-corrected chi connectivity index (χ1v) is 11.6. The van der Waals surface area contributed by atoms with Crippen LogP contribution < -0.4 is 16.0 Å². The summed E-state index contributed by atoms with van der Waals surface area (Å²) in [6.07, 6.45) is 3.09. The van der Waals surface area contributed by atoms with E-state index in [9.17, 15) is 24.6 Å². The van der Waals surface area contributed by atoms with Crippen LogP contribution in [0.15, 0.2) is 46.1 Å². The van der Waals surface area contributed by atoms with Crippen molar-refractivity contribution in [2.45, 2.75) is 70.0 Å². The maximum atomic E-state index is 12.4. The van der Waals surface area contributed by atoms with Crippen LogP contribution in [0, 0.1) is 0 Å². The molecule has 3 rings (SSSR count). The monoisotopic (exact) mass is 476 g/mol. The van der Waals surface area contributed by atoms with E-state index in [4.69, 9.17) is 14.2 Å². The van der Waals surface area contributed by atoms with Crippen molar-refractivity contribution in [2.75, 3.05) is 13.2 Å². The largest absolute Gasteiger partial charge is 0.494 e. The molecule has 3 N–H and O–H groups in total. The van der Waals surface area contributed by atoms with Crippen LogP contribution in [0.2, 0.25) is 0 Å². The van der Waals surface area contributed by atoms with Gasteiger partial charge in [-0.05, 0) is 30.7 Å². The molecule has 1 saturated heterocycles. The number of carbonyl (C=O) groups excluding carboxylic acids is 1. The Bertz CT molecular complexity index is 1030. The predicted octanol–water partition coefficient (Wildman–Crippen LogP) is 1.75. The molecule has 0 radical (unpaired) electrons. The summed E-state index contributed by atoms with van der Waals surface area (Å²) in [6, 6.07) is 7.65. The molecule has 0 spiro atoms. The number of H-pyrrole nitrogens is 1. The number of benzene rings is 1. The summed E-state index contributed by atoms with van der Waals surface area (Å²) in [4.78, 5) is 37.6. The smallest absolute Gasteiger partial charge is 0.338 e. The minimum Gasteiger partial charge on any atom is -0.494 e. The molecule has 0 bridgehead atoms. The predicted molar refractivity (Wildman–Crippen MR) is 123 cm³/mol. The fourth-order valence-corrected chi connectivity index (χ4v) is 3.73. The lowest BCUT2D eigenvalue weighted by Crippen LogP contribution is -2.37. The first-order chi connectivity index (χ1) is 16.4. The average Bonchev–Trinajstić information content (AvgIpc) is 3.11. The van der Waals surface area contributed by atoms with Gasteiger partial charge in [-0.3, -0.25) is 14.3 Å². The molecule has 1 aliphatic rings. The van der Waals surface area contributed by atoms with Crippen LogP contribution >= 0.6 is 0 Å². The second kappa shape index (κ2) is 12.5. The highest BCUT2D eigenvalue weighted by Gasteiger charge is 2.44. The number of aliphatic hydroxyl groups excluding tert-OH is 2.